The van der Waals surface area contributed by atoms with Crippen molar-refractivity contribution in [2.45, 2.75) is 19.9 Å². The van der Waals surface area contributed by atoms with Gasteiger partial charge in [-0.05, 0) is 33.0 Å². The molecular formula is C19H27N7. The van der Waals surface area contributed by atoms with Crippen LogP contribution in [0.3, 0.4) is 0 Å². The van der Waals surface area contributed by atoms with Gasteiger partial charge < -0.3 is 9.80 Å². The Bertz CT molecular complexity index is 785. The molecule has 0 saturated carbocycles. The van der Waals surface area contributed by atoms with Crippen molar-refractivity contribution in [3.05, 3.63) is 36.4 Å². The summed E-state index contributed by atoms with van der Waals surface area (Å²) in [5.74, 6) is 2.05. The van der Waals surface area contributed by atoms with E-state index >= 15 is 0 Å². The number of nitrogens with zero attached hydrogens (tertiary/aromatic N) is 7. The van der Waals surface area contributed by atoms with Crippen LogP contribution in [-0.2, 0) is 0 Å². The molecule has 1 aromatic carbocycles. The summed E-state index contributed by atoms with van der Waals surface area (Å²) in [7, 11) is 2.18. The molecule has 2 aliphatic heterocycles. The molecule has 1 aromatic heterocycles. The Balaban J connectivity index is 1.87. The Morgan fingerprint density at radius 2 is 1.81 bits per heavy atom. The van der Waals surface area contributed by atoms with Crippen LogP contribution in [0.25, 0.3) is 5.69 Å². The maximum absolute atomic E-state index is 5.14. The fraction of sp³-hybridized carbons (Fsp3) is 0.526. The molecule has 1 unspecified atom stereocenters. The number of aromatic nitrogens is 3. The second-order valence-corrected chi connectivity index (χ2v) is 6.93. The lowest BCUT2D eigenvalue weighted by Crippen LogP contribution is -2.51. The third kappa shape index (κ3) is 2.91. The number of hydrogen-bond donors (Lipinski definition) is 0. The van der Waals surface area contributed by atoms with Gasteiger partial charge in [0.15, 0.2) is 5.82 Å². The number of amidine groups is 1. The summed E-state index contributed by atoms with van der Waals surface area (Å²) in [5.41, 5.74) is 2.03. The van der Waals surface area contributed by atoms with Crippen LogP contribution < -0.4 is 0 Å². The van der Waals surface area contributed by atoms with E-state index in [0.29, 0.717) is 0 Å². The predicted octanol–water partition coefficient (Wildman–Crippen LogP) is 1.94. The molecule has 138 valence electrons. The van der Waals surface area contributed by atoms with Crippen molar-refractivity contribution in [3.63, 3.8) is 0 Å². The number of hydrogen-bond acceptors (Lipinski definition) is 6. The van der Waals surface area contributed by atoms with Crippen molar-refractivity contribution in [2.24, 2.45) is 4.99 Å². The quantitative estimate of drug-likeness (QED) is 0.844. The number of likely N-dealkylation sites (N-methyl/N-ethyl adjacent to an activating group) is 2. The molecule has 2 aliphatic rings. The average Bonchev–Trinajstić information content (AvgIpc) is 3.09. The molecule has 1 fully saturated rings. The van der Waals surface area contributed by atoms with Crippen LogP contribution in [-0.4, -0.2) is 81.6 Å². The fourth-order valence-corrected chi connectivity index (χ4v) is 3.88. The minimum absolute atomic E-state index is 0.0264. The van der Waals surface area contributed by atoms with Crippen molar-refractivity contribution in [1.29, 1.82) is 0 Å². The van der Waals surface area contributed by atoms with Crippen LogP contribution >= 0.6 is 0 Å². The third-order valence-electron chi connectivity index (χ3n) is 5.43. The van der Waals surface area contributed by atoms with Crippen molar-refractivity contribution >= 4 is 11.5 Å². The van der Waals surface area contributed by atoms with Gasteiger partial charge >= 0.3 is 0 Å². The van der Waals surface area contributed by atoms with Gasteiger partial charge in [0.2, 0.25) is 0 Å². The van der Waals surface area contributed by atoms with E-state index in [1.807, 2.05) is 18.5 Å². The highest BCUT2D eigenvalue weighted by molar-refractivity contribution is 5.92. The van der Waals surface area contributed by atoms with Crippen molar-refractivity contribution in [1.82, 2.24) is 29.5 Å². The summed E-state index contributed by atoms with van der Waals surface area (Å²) >= 11 is 0. The van der Waals surface area contributed by atoms with Gasteiger partial charge in [0, 0.05) is 39.3 Å². The van der Waals surface area contributed by atoms with E-state index in [0.717, 1.165) is 62.3 Å². The highest BCUT2D eigenvalue weighted by Gasteiger charge is 2.36. The SMILES string of the molecule is CCN(CC)C1=Nc2ccccc2-n2cnnc2C1N1CCN(C)CC1. The molecule has 0 spiro atoms. The lowest BCUT2D eigenvalue weighted by atomic mass is 10.1. The Morgan fingerprint density at radius 3 is 2.54 bits per heavy atom. The minimum Gasteiger partial charge on any atom is -0.359 e. The number of piperazine rings is 1. The molecule has 1 atom stereocenters. The van der Waals surface area contributed by atoms with Crippen LogP contribution in [0.5, 0.6) is 0 Å². The van der Waals surface area contributed by atoms with Crippen LogP contribution in [0.2, 0.25) is 0 Å². The first-order valence-electron chi connectivity index (χ1n) is 9.48. The fourth-order valence-electron chi connectivity index (χ4n) is 3.88. The first-order valence-corrected chi connectivity index (χ1v) is 9.48. The normalized spacial score (nSPS) is 20.9. The van der Waals surface area contributed by atoms with E-state index in [1.54, 1.807) is 0 Å². The summed E-state index contributed by atoms with van der Waals surface area (Å²) in [6, 6.07) is 8.29. The van der Waals surface area contributed by atoms with E-state index in [9.17, 15) is 0 Å². The zero-order chi connectivity index (χ0) is 18.1. The first-order chi connectivity index (χ1) is 12.7. The first kappa shape index (κ1) is 17.2. The molecule has 2 aromatic rings. The average molecular weight is 353 g/mol. The number of benzene rings is 1. The molecule has 0 bridgehead atoms. The van der Waals surface area contributed by atoms with Crippen LogP contribution in [0.1, 0.15) is 25.7 Å². The Labute approximate surface area is 154 Å². The number of para-hydroxylation sites is 2. The zero-order valence-corrected chi connectivity index (χ0v) is 15.8. The number of rotatable bonds is 3. The number of fused-ring (bicyclic) bond motifs is 3. The van der Waals surface area contributed by atoms with E-state index in [1.165, 1.54) is 0 Å². The van der Waals surface area contributed by atoms with Crippen LogP contribution in [0, 0.1) is 0 Å². The number of aliphatic imine (C=N–C) groups is 1. The lowest BCUT2D eigenvalue weighted by molar-refractivity contribution is 0.128. The summed E-state index contributed by atoms with van der Waals surface area (Å²) in [6.45, 7) is 10.4. The summed E-state index contributed by atoms with van der Waals surface area (Å²) in [4.78, 5) is 12.4. The van der Waals surface area contributed by atoms with Gasteiger partial charge in [-0.25, -0.2) is 4.99 Å². The van der Waals surface area contributed by atoms with E-state index in [4.69, 9.17) is 4.99 Å². The molecule has 3 heterocycles. The Hall–Kier alpha value is -2.25. The van der Waals surface area contributed by atoms with Gasteiger partial charge in [0.25, 0.3) is 0 Å². The second-order valence-electron chi connectivity index (χ2n) is 6.93. The van der Waals surface area contributed by atoms with E-state index in [-0.39, 0.29) is 6.04 Å². The maximum atomic E-state index is 5.14. The smallest absolute Gasteiger partial charge is 0.162 e. The van der Waals surface area contributed by atoms with Gasteiger partial charge in [-0.2, -0.15) is 0 Å². The van der Waals surface area contributed by atoms with Gasteiger partial charge in [-0.1, -0.05) is 12.1 Å². The molecule has 0 radical (unpaired) electrons. The highest BCUT2D eigenvalue weighted by atomic mass is 15.4. The predicted molar refractivity (Wildman–Crippen MR) is 103 cm³/mol. The van der Waals surface area contributed by atoms with Crippen LogP contribution in [0.4, 0.5) is 5.69 Å². The molecule has 4 rings (SSSR count). The van der Waals surface area contributed by atoms with E-state index < -0.39 is 0 Å². The minimum atomic E-state index is 0.0264. The van der Waals surface area contributed by atoms with Gasteiger partial charge in [-0.3, -0.25) is 9.47 Å². The monoisotopic (exact) mass is 353 g/mol. The zero-order valence-electron chi connectivity index (χ0n) is 15.8. The Kier molecular flexibility index (Phi) is 4.74. The van der Waals surface area contributed by atoms with Crippen molar-refractivity contribution in [2.75, 3.05) is 46.3 Å². The molecule has 26 heavy (non-hydrogen) atoms. The summed E-state index contributed by atoms with van der Waals surface area (Å²) < 4.78 is 2.11. The van der Waals surface area contributed by atoms with Crippen molar-refractivity contribution in [3.8, 4) is 5.69 Å². The molecule has 7 nitrogen and oxygen atoms in total. The van der Waals surface area contributed by atoms with Gasteiger partial charge in [0.05, 0.1) is 11.4 Å². The highest BCUT2D eigenvalue weighted by Crippen LogP contribution is 2.34. The van der Waals surface area contributed by atoms with Gasteiger partial charge in [-0.15, -0.1) is 10.2 Å². The summed E-state index contributed by atoms with van der Waals surface area (Å²) in [6.07, 6.45) is 1.82. The lowest BCUT2D eigenvalue weighted by Gasteiger charge is -2.39. The molecule has 7 heteroatoms. The van der Waals surface area contributed by atoms with Crippen LogP contribution in [0.15, 0.2) is 35.6 Å². The largest absolute Gasteiger partial charge is 0.359 e. The molecule has 0 N–H and O–H groups in total. The third-order valence-corrected chi connectivity index (χ3v) is 5.43. The molecule has 0 aliphatic carbocycles. The summed E-state index contributed by atoms with van der Waals surface area (Å²) in [5, 5.41) is 8.79. The standard InChI is InChI=1S/C19H27N7/c1-4-24(5-2)18-17(25-12-10-23(3)11-13-25)19-22-20-14-26(19)16-9-7-6-8-15(16)21-18/h6-9,14,17H,4-5,10-13H2,1-3H3. The second kappa shape index (κ2) is 7.17. The van der Waals surface area contributed by atoms with Gasteiger partial charge in [0.1, 0.15) is 18.2 Å². The molecule has 1 saturated heterocycles. The van der Waals surface area contributed by atoms with Crippen molar-refractivity contribution < 1.29 is 0 Å². The molecular weight excluding hydrogens is 326 g/mol. The molecule has 0 amide bonds. The van der Waals surface area contributed by atoms with E-state index in [2.05, 4.69) is 62.5 Å². The topological polar surface area (TPSA) is 52.8 Å². The maximum Gasteiger partial charge on any atom is 0.162 e. The Morgan fingerprint density at radius 1 is 1.08 bits per heavy atom.